The fourth-order valence-electron chi connectivity index (χ4n) is 1.81. The molecular weight excluding hydrogens is 392 g/mol. The molecule has 0 aliphatic heterocycles. The van der Waals surface area contributed by atoms with E-state index in [0.717, 1.165) is 18.2 Å². The van der Waals surface area contributed by atoms with Crippen LogP contribution in [0.4, 0.5) is 19.3 Å². The van der Waals surface area contributed by atoms with Crippen LogP contribution in [0.15, 0.2) is 18.2 Å². The second-order valence-corrected chi connectivity index (χ2v) is 6.79. The summed E-state index contributed by atoms with van der Waals surface area (Å²) in [5.74, 6) is -4.34. The molecule has 0 heterocycles. The Kier molecular flexibility index (Phi) is 8.97. The molecule has 0 atom stereocenters. The number of amides is 3. The molecule has 1 aromatic carbocycles. The SMILES string of the molecule is CC(C)(C)OC(=O)NCCC(=O)OCC(=O)NCC(=O)Nc1ccc(F)c(F)c1. The van der Waals surface area contributed by atoms with Gasteiger partial charge in [0, 0.05) is 18.3 Å². The minimum absolute atomic E-state index is 0.0204. The number of hydrogen-bond acceptors (Lipinski definition) is 6. The first kappa shape index (κ1) is 23.8. The van der Waals surface area contributed by atoms with E-state index in [-0.39, 0.29) is 18.7 Å². The van der Waals surface area contributed by atoms with Gasteiger partial charge in [0.25, 0.3) is 5.91 Å². The molecule has 1 rings (SSSR count). The molecule has 0 saturated heterocycles. The van der Waals surface area contributed by atoms with Crippen molar-refractivity contribution in [3.8, 4) is 0 Å². The lowest BCUT2D eigenvalue weighted by atomic mass is 10.2. The highest BCUT2D eigenvalue weighted by atomic mass is 19.2. The minimum atomic E-state index is -1.13. The van der Waals surface area contributed by atoms with Gasteiger partial charge in [0.2, 0.25) is 5.91 Å². The normalized spacial score (nSPS) is 10.7. The number of ether oxygens (including phenoxy) is 2. The van der Waals surface area contributed by atoms with Gasteiger partial charge in [-0.15, -0.1) is 0 Å². The third-order valence-corrected chi connectivity index (χ3v) is 3.01. The van der Waals surface area contributed by atoms with Crippen LogP contribution in [-0.2, 0) is 23.9 Å². The average molecular weight is 415 g/mol. The van der Waals surface area contributed by atoms with E-state index in [1.165, 1.54) is 0 Å². The molecule has 0 unspecified atom stereocenters. The fraction of sp³-hybridized carbons (Fsp3) is 0.444. The van der Waals surface area contributed by atoms with Gasteiger partial charge >= 0.3 is 12.1 Å². The average Bonchev–Trinajstić information content (AvgIpc) is 2.60. The van der Waals surface area contributed by atoms with Gasteiger partial charge in [-0.2, -0.15) is 0 Å². The van der Waals surface area contributed by atoms with Gasteiger partial charge in [0.05, 0.1) is 13.0 Å². The maximum atomic E-state index is 13.1. The number of esters is 1. The Hall–Kier alpha value is -3.24. The monoisotopic (exact) mass is 415 g/mol. The van der Waals surface area contributed by atoms with Crippen molar-refractivity contribution in [3.63, 3.8) is 0 Å². The molecule has 0 saturated carbocycles. The van der Waals surface area contributed by atoms with Crippen molar-refractivity contribution in [1.29, 1.82) is 0 Å². The van der Waals surface area contributed by atoms with Gasteiger partial charge < -0.3 is 25.4 Å². The number of carbonyl (C=O) groups is 4. The van der Waals surface area contributed by atoms with Gasteiger partial charge in [-0.3, -0.25) is 14.4 Å². The highest BCUT2D eigenvalue weighted by Gasteiger charge is 2.16. The van der Waals surface area contributed by atoms with Crippen LogP contribution in [0.25, 0.3) is 0 Å². The van der Waals surface area contributed by atoms with Crippen LogP contribution in [0.2, 0.25) is 0 Å². The highest BCUT2D eigenvalue weighted by molar-refractivity contribution is 5.94. The van der Waals surface area contributed by atoms with Crippen LogP contribution in [0, 0.1) is 11.6 Å². The van der Waals surface area contributed by atoms with E-state index in [1.54, 1.807) is 20.8 Å². The second kappa shape index (κ2) is 10.9. The number of nitrogens with one attached hydrogen (secondary N) is 3. The summed E-state index contributed by atoms with van der Waals surface area (Å²) in [5.41, 5.74) is -0.646. The molecule has 9 nitrogen and oxygen atoms in total. The molecule has 160 valence electrons. The molecular formula is C18H23F2N3O6. The summed E-state index contributed by atoms with van der Waals surface area (Å²) in [4.78, 5) is 46.1. The van der Waals surface area contributed by atoms with Crippen molar-refractivity contribution in [2.75, 3.05) is 25.0 Å². The summed E-state index contributed by atoms with van der Waals surface area (Å²) in [5, 5.41) is 6.83. The lowest BCUT2D eigenvalue weighted by Gasteiger charge is -2.19. The van der Waals surface area contributed by atoms with E-state index in [4.69, 9.17) is 9.47 Å². The predicted octanol–water partition coefficient (Wildman–Crippen LogP) is 1.48. The van der Waals surface area contributed by atoms with Crippen molar-refractivity contribution in [3.05, 3.63) is 29.8 Å². The van der Waals surface area contributed by atoms with Gasteiger partial charge in [-0.25, -0.2) is 13.6 Å². The molecule has 0 bridgehead atoms. The maximum absolute atomic E-state index is 13.1. The van der Waals surface area contributed by atoms with E-state index >= 15 is 0 Å². The number of benzene rings is 1. The van der Waals surface area contributed by atoms with Crippen LogP contribution in [-0.4, -0.2) is 49.2 Å². The number of alkyl carbamates (subject to hydrolysis) is 1. The molecule has 29 heavy (non-hydrogen) atoms. The van der Waals surface area contributed by atoms with Gasteiger partial charge in [0.15, 0.2) is 18.2 Å². The zero-order valence-electron chi connectivity index (χ0n) is 16.3. The molecule has 1 aromatic rings. The summed E-state index contributed by atoms with van der Waals surface area (Å²) in [6.07, 6.45) is -0.863. The third kappa shape index (κ3) is 10.6. The second-order valence-electron chi connectivity index (χ2n) is 6.79. The predicted molar refractivity (Wildman–Crippen MR) is 97.8 cm³/mol. The van der Waals surface area contributed by atoms with Crippen LogP contribution in [0.3, 0.4) is 0 Å². The largest absolute Gasteiger partial charge is 0.456 e. The Labute approximate surface area is 166 Å². The van der Waals surface area contributed by atoms with Crippen molar-refractivity contribution in [2.24, 2.45) is 0 Å². The van der Waals surface area contributed by atoms with Crippen molar-refractivity contribution < 1.29 is 37.4 Å². The highest BCUT2D eigenvalue weighted by Crippen LogP contribution is 2.12. The quantitative estimate of drug-likeness (QED) is 0.553. The van der Waals surface area contributed by atoms with Crippen LogP contribution >= 0.6 is 0 Å². The lowest BCUT2D eigenvalue weighted by Crippen LogP contribution is -2.36. The van der Waals surface area contributed by atoms with Crippen molar-refractivity contribution in [2.45, 2.75) is 32.8 Å². The zero-order chi connectivity index (χ0) is 22.0. The van der Waals surface area contributed by atoms with Crippen LogP contribution in [0.1, 0.15) is 27.2 Å². The number of rotatable bonds is 8. The molecule has 11 heteroatoms. The van der Waals surface area contributed by atoms with Gasteiger partial charge in [-0.05, 0) is 32.9 Å². The van der Waals surface area contributed by atoms with Crippen LogP contribution < -0.4 is 16.0 Å². The first-order chi connectivity index (χ1) is 13.5. The third-order valence-electron chi connectivity index (χ3n) is 3.01. The van der Waals surface area contributed by atoms with Gasteiger partial charge in [-0.1, -0.05) is 0 Å². The Balaban J connectivity index is 2.20. The Morgan fingerprint density at radius 1 is 1.00 bits per heavy atom. The van der Waals surface area contributed by atoms with Crippen molar-refractivity contribution >= 4 is 29.6 Å². The lowest BCUT2D eigenvalue weighted by molar-refractivity contribution is -0.148. The van der Waals surface area contributed by atoms with Crippen molar-refractivity contribution in [1.82, 2.24) is 10.6 Å². The van der Waals surface area contributed by atoms with E-state index in [9.17, 15) is 28.0 Å². The van der Waals surface area contributed by atoms with E-state index in [1.807, 2.05) is 0 Å². The number of hydrogen-bond donors (Lipinski definition) is 3. The molecule has 0 fully saturated rings. The molecule has 0 spiro atoms. The molecule has 3 N–H and O–H groups in total. The first-order valence-electron chi connectivity index (χ1n) is 8.60. The van der Waals surface area contributed by atoms with Gasteiger partial charge in [0.1, 0.15) is 5.60 Å². The standard InChI is InChI=1S/C18H23F2N3O6/c1-18(2,3)29-17(27)21-7-6-16(26)28-10-15(25)22-9-14(24)23-11-4-5-12(19)13(20)8-11/h4-5,8H,6-7,9-10H2,1-3H3,(H,21,27)(H,22,25)(H,23,24). The topological polar surface area (TPSA) is 123 Å². The smallest absolute Gasteiger partial charge is 0.407 e. The van der Waals surface area contributed by atoms with E-state index < -0.39 is 54.3 Å². The molecule has 3 amide bonds. The fourth-order valence-corrected chi connectivity index (χ4v) is 1.81. The van der Waals surface area contributed by atoms with E-state index in [2.05, 4.69) is 16.0 Å². The summed E-state index contributed by atoms with van der Waals surface area (Å²) >= 11 is 0. The Bertz CT molecular complexity index is 764. The number of halogens is 2. The Morgan fingerprint density at radius 3 is 2.31 bits per heavy atom. The summed E-state index contributed by atoms with van der Waals surface area (Å²) in [6, 6.07) is 2.80. The van der Waals surface area contributed by atoms with Crippen LogP contribution in [0.5, 0.6) is 0 Å². The minimum Gasteiger partial charge on any atom is -0.456 e. The molecule has 0 radical (unpaired) electrons. The summed E-state index contributed by atoms with van der Waals surface area (Å²) in [7, 11) is 0. The number of anilines is 1. The molecule has 0 aliphatic carbocycles. The number of carbonyl (C=O) groups excluding carboxylic acids is 4. The summed E-state index contributed by atoms with van der Waals surface area (Å²) < 4.78 is 35.5. The van der Waals surface area contributed by atoms with E-state index in [0.29, 0.717) is 0 Å². The summed E-state index contributed by atoms with van der Waals surface area (Å²) in [6.45, 7) is 3.96. The maximum Gasteiger partial charge on any atom is 0.407 e. The Morgan fingerprint density at radius 2 is 1.69 bits per heavy atom. The molecule has 0 aliphatic rings. The first-order valence-corrected chi connectivity index (χ1v) is 8.60. The zero-order valence-corrected chi connectivity index (χ0v) is 16.3. The molecule has 0 aromatic heterocycles.